The number of hydrogen-bond donors (Lipinski definition) is 1. The Morgan fingerprint density at radius 3 is 2.53 bits per heavy atom. The van der Waals surface area contributed by atoms with E-state index in [0.29, 0.717) is 21.1 Å². The number of nitrogens with zero attached hydrogens (tertiary/aromatic N) is 2. The van der Waals surface area contributed by atoms with Crippen molar-refractivity contribution in [2.75, 3.05) is 6.54 Å². The van der Waals surface area contributed by atoms with Crippen LogP contribution in [0.5, 0.6) is 0 Å². The van der Waals surface area contributed by atoms with Gasteiger partial charge in [-0.3, -0.25) is 4.98 Å². The van der Waals surface area contributed by atoms with Crippen LogP contribution in [-0.2, 0) is 6.54 Å². The molecular weight excluding hydrogens is 325 g/mol. The average molecular weight is 337 g/mol. The van der Waals surface area contributed by atoms with Gasteiger partial charge < -0.3 is 5.32 Å². The van der Waals surface area contributed by atoms with Crippen LogP contribution in [0.4, 0.5) is 0 Å². The van der Waals surface area contributed by atoms with Crippen molar-refractivity contribution < 1.29 is 0 Å². The SMILES string of the molecule is CC(CNCc1csc(Cl)n1)c1c(Cl)cncc1Cl. The molecule has 2 heterocycles. The maximum Gasteiger partial charge on any atom is 0.183 e. The molecule has 0 aromatic carbocycles. The lowest BCUT2D eigenvalue weighted by Gasteiger charge is -2.15. The Labute approximate surface area is 130 Å². The van der Waals surface area contributed by atoms with Crippen molar-refractivity contribution in [1.29, 1.82) is 0 Å². The standard InChI is InChI=1S/C12H12Cl3N3S/c1-7(11-9(13)4-17-5-10(11)14)2-16-3-8-6-19-12(15)18-8/h4-7,16H,2-3H2,1H3. The fourth-order valence-corrected chi connectivity index (χ4v) is 3.29. The Hall–Kier alpha value is -0.390. The molecule has 1 atom stereocenters. The average Bonchev–Trinajstić information content (AvgIpc) is 2.75. The van der Waals surface area contributed by atoms with Gasteiger partial charge >= 0.3 is 0 Å². The lowest BCUT2D eigenvalue weighted by Crippen LogP contribution is -2.20. The maximum absolute atomic E-state index is 6.12. The van der Waals surface area contributed by atoms with Crippen LogP contribution in [0.25, 0.3) is 0 Å². The van der Waals surface area contributed by atoms with Crippen LogP contribution in [0.2, 0.25) is 14.5 Å². The van der Waals surface area contributed by atoms with Gasteiger partial charge in [-0.1, -0.05) is 41.7 Å². The van der Waals surface area contributed by atoms with Crippen molar-refractivity contribution in [1.82, 2.24) is 15.3 Å². The lowest BCUT2D eigenvalue weighted by atomic mass is 10.0. The summed E-state index contributed by atoms with van der Waals surface area (Å²) in [6.07, 6.45) is 3.22. The molecule has 2 aromatic heterocycles. The van der Waals surface area contributed by atoms with E-state index in [9.17, 15) is 0 Å². The van der Waals surface area contributed by atoms with Crippen LogP contribution in [0.3, 0.4) is 0 Å². The Bertz CT molecular complexity index is 539. The van der Waals surface area contributed by atoms with E-state index in [1.807, 2.05) is 5.38 Å². The highest BCUT2D eigenvalue weighted by atomic mass is 35.5. The second kappa shape index (κ2) is 6.86. The molecule has 2 rings (SSSR count). The van der Waals surface area contributed by atoms with Crippen molar-refractivity contribution >= 4 is 46.1 Å². The monoisotopic (exact) mass is 335 g/mol. The Balaban J connectivity index is 1.92. The second-order valence-electron chi connectivity index (χ2n) is 4.14. The summed E-state index contributed by atoms with van der Waals surface area (Å²) in [5.74, 6) is 0.192. The molecule has 7 heteroatoms. The first-order chi connectivity index (χ1) is 9.08. The van der Waals surface area contributed by atoms with E-state index in [4.69, 9.17) is 34.8 Å². The van der Waals surface area contributed by atoms with Crippen LogP contribution in [0.1, 0.15) is 24.1 Å². The third-order valence-electron chi connectivity index (χ3n) is 2.66. The third-order valence-corrected chi connectivity index (χ3v) is 4.29. The van der Waals surface area contributed by atoms with Crippen LogP contribution < -0.4 is 5.32 Å². The van der Waals surface area contributed by atoms with Crippen LogP contribution >= 0.6 is 46.1 Å². The molecule has 1 N–H and O–H groups in total. The molecule has 3 nitrogen and oxygen atoms in total. The fourth-order valence-electron chi connectivity index (χ4n) is 1.77. The van der Waals surface area contributed by atoms with Crippen LogP contribution in [0, 0.1) is 0 Å². The van der Waals surface area contributed by atoms with Crippen molar-refractivity contribution in [2.45, 2.75) is 19.4 Å². The molecule has 0 spiro atoms. The molecule has 102 valence electrons. The van der Waals surface area contributed by atoms with Gasteiger partial charge in [0.15, 0.2) is 4.47 Å². The van der Waals surface area contributed by atoms with Gasteiger partial charge in [0.25, 0.3) is 0 Å². The van der Waals surface area contributed by atoms with E-state index < -0.39 is 0 Å². The minimum atomic E-state index is 0.192. The molecule has 0 bridgehead atoms. The largest absolute Gasteiger partial charge is 0.311 e. The molecule has 19 heavy (non-hydrogen) atoms. The zero-order chi connectivity index (χ0) is 13.8. The number of hydrogen-bond acceptors (Lipinski definition) is 4. The highest BCUT2D eigenvalue weighted by molar-refractivity contribution is 7.13. The zero-order valence-corrected chi connectivity index (χ0v) is 13.2. The molecular formula is C12H12Cl3N3S. The maximum atomic E-state index is 6.12. The van der Waals surface area contributed by atoms with E-state index in [0.717, 1.165) is 17.8 Å². The minimum Gasteiger partial charge on any atom is -0.311 e. The Morgan fingerprint density at radius 2 is 1.95 bits per heavy atom. The summed E-state index contributed by atoms with van der Waals surface area (Å²) in [5, 5.41) is 6.44. The van der Waals surface area contributed by atoms with Gasteiger partial charge in [-0.2, -0.15) is 0 Å². The topological polar surface area (TPSA) is 37.8 Å². The Morgan fingerprint density at radius 1 is 1.26 bits per heavy atom. The first-order valence-corrected chi connectivity index (χ1v) is 7.68. The predicted molar refractivity (Wildman–Crippen MR) is 81.5 cm³/mol. The second-order valence-corrected chi connectivity index (χ2v) is 6.40. The van der Waals surface area contributed by atoms with Gasteiger partial charge in [-0.15, -0.1) is 11.3 Å². The van der Waals surface area contributed by atoms with Crippen molar-refractivity contribution in [3.63, 3.8) is 0 Å². The normalized spacial score (nSPS) is 12.6. The first-order valence-electron chi connectivity index (χ1n) is 5.67. The molecule has 0 fully saturated rings. The highest BCUT2D eigenvalue weighted by Crippen LogP contribution is 2.30. The van der Waals surface area contributed by atoms with Gasteiger partial charge in [0.2, 0.25) is 0 Å². The fraction of sp³-hybridized carbons (Fsp3) is 0.333. The van der Waals surface area contributed by atoms with Crippen LogP contribution in [0.15, 0.2) is 17.8 Å². The molecule has 0 amide bonds. The van der Waals surface area contributed by atoms with Crippen LogP contribution in [-0.4, -0.2) is 16.5 Å². The van der Waals surface area contributed by atoms with Crippen molar-refractivity contribution in [2.24, 2.45) is 0 Å². The molecule has 0 radical (unpaired) electrons. The zero-order valence-electron chi connectivity index (χ0n) is 10.2. The molecule has 0 aliphatic rings. The first kappa shape index (κ1) is 15.0. The van der Waals surface area contributed by atoms with Crippen molar-refractivity contribution in [3.8, 4) is 0 Å². The van der Waals surface area contributed by atoms with E-state index in [1.165, 1.54) is 11.3 Å². The molecule has 2 aromatic rings. The third kappa shape index (κ3) is 4.04. The van der Waals surface area contributed by atoms with Gasteiger partial charge in [-0.05, 0) is 11.5 Å². The quantitative estimate of drug-likeness (QED) is 0.880. The summed E-state index contributed by atoms with van der Waals surface area (Å²) >= 11 is 19.4. The predicted octanol–water partition coefficient (Wildman–Crippen LogP) is 4.39. The molecule has 0 aliphatic heterocycles. The highest BCUT2D eigenvalue weighted by Gasteiger charge is 2.14. The minimum absolute atomic E-state index is 0.192. The lowest BCUT2D eigenvalue weighted by molar-refractivity contribution is 0.609. The van der Waals surface area contributed by atoms with Gasteiger partial charge in [0, 0.05) is 30.9 Å². The van der Waals surface area contributed by atoms with Gasteiger partial charge in [-0.25, -0.2) is 4.98 Å². The summed E-state index contributed by atoms with van der Waals surface area (Å²) in [5.41, 5.74) is 1.86. The van der Waals surface area contributed by atoms with E-state index in [2.05, 4.69) is 22.2 Å². The molecule has 0 aliphatic carbocycles. The number of nitrogens with one attached hydrogen (secondary N) is 1. The summed E-state index contributed by atoms with van der Waals surface area (Å²) in [6, 6.07) is 0. The van der Waals surface area contributed by atoms with E-state index in [-0.39, 0.29) is 5.92 Å². The molecule has 1 unspecified atom stereocenters. The summed E-state index contributed by atoms with van der Waals surface area (Å²) in [6.45, 7) is 3.49. The summed E-state index contributed by atoms with van der Waals surface area (Å²) in [7, 11) is 0. The number of thiazole rings is 1. The van der Waals surface area contributed by atoms with Crippen molar-refractivity contribution in [3.05, 3.63) is 43.5 Å². The molecule has 0 saturated carbocycles. The van der Waals surface area contributed by atoms with Gasteiger partial charge in [0.1, 0.15) is 0 Å². The Kier molecular flexibility index (Phi) is 5.42. The van der Waals surface area contributed by atoms with E-state index >= 15 is 0 Å². The summed E-state index contributed by atoms with van der Waals surface area (Å²) < 4.78 is 0.560. The molecule has 0 saturated heterocycles. The van der Waals surface area contributed by atoms with E-state index in [1.54, 1.807) is 12.4 Å². The smallest absolute Gasteiger partial charge is 0.183 e. The number of rotatable bonds is 5. The number of aromatic nitrogens is 2. The number of pyridine rings is 1. The van der Waals surface area contributed by atoms with Gasteiger partial charge in [0.05, 0.1) is 15.7 Å². The number of halogens is 3. The summed E-state index contributed by atoms with van der Waals surface area (Å²) in [4.78, 5) is 8.12.